The number of nitriles is 1. The Morgan fingerprint density at radius 1 is 1.24 bits per heavy atom. The lowest BCUT2D eigenvalue weighted by molar-refractivity contribution is 0.240. The summed E-state index contributed by atoms with van der Waals surface area (Å²) in [6, 6.07) is 10.6. The normalized spacial score (nSPS) is 19.2. The van der Waals surface area contributed by atoms with Gasteiger partial charge in [0.2, 0.25) is 0 Å². The summed E-state index contributed by atoms with van der Waals surface area (Å²) in [6.45, 7) is 4.26. The summed E-state index contributed by atoms with van der Waals surface area (Å²) in [6.07, 6.45) is 7.06. The van der Waals surface area contributed by atoms with Crippen LogP contribution in [0.5, 0.6) is 0 Å². The number of nitrogens with zero attached hydrogens (tertiary/aromatic N) is 1. The summed E-state index contributed by atoms with van der Waals surface area (Å²) in [5.41, 5.74) is 3.42. The Labute approximate surface area is 150 Å². The van der Waals surface area contributed by atoms with Gasteiger partial charge in [-0.15, -0.1) is 0 Å². The number of benzene rings is 1. The molecule has 0 atom stereocenters. The lowest BCUT2D eigenvalue weighted by Gasteiger charge is -2.38. The van der Waals surface area contributed by atoms with Crippen molar-refractivity contribution < 1.29 is 4.79 Å². The van der Waals surface area contributed by atoms with Gasteiger partial charge in [-0.1, -0.05) is 51.0 Å². The van der Waals surface area contributed by atoms with E-state index < -0.39 is 0 Å². The van der Waals surface area contributed by atoms with Crippen LogP contribution in [0.15, 0.2) is 29.8 Å². The first kappa shape index (κ1) is 17.5. The maximum atomic E-state index is 12.6. The number of carbonyl (C=O) groups is 1. The molecule has 0 unspecified atom stereocenters. The fourth-order valence-electron chi connectivity index (χ4n) is 4.33. The first-order valence-corrected chi connectivity index (χ1v) is 9.44. The maximum absolute atomic E-state index is 12.6. The highest BCUT2D eigenvalue weighted by Crippen LogP contribution is 2.46. The minimum atomic E-state index is -0.195. The standard InChI is InChI=1S/C21H27N3O/c1-3-21(4-2)13-15-9-5-8-12-17(15)19(18(21)14-22)24-20(25)23-16-10-6-7-11-16/h5,8-9,12,16H,3-4,6-7,10-11,13H2,1-2H3,(H2,23,24,25). The quantitative estimate of drug-likeness (QED) is 0.848. The van der Waals surface area contributed by atoms with Crippen LogP contribution in [0, 0.1) is 16.7 Å². The number of nitrogens with one attached hydrogen (secondary N) is 2. The van der Waals surface area contributed by atoms with E-state index in [4.69, 9.17) is 0 Å². The highest BCUT2D eigenvalue weighted by molar-refractivity contribution is 5.89. The summed E-state index contributed by atoms with van der Waals surface area (Å²) >= 11 is 0. The molecule has 2 aliphatic carbocycles. The predicted molar refractivity (Wildman–Crippen MR) is 99.6 cm³/mol. The number of fused-ring (bicyclic) bond motifs is 1. The molecule has 1 fully saturated rings. The van der Waals surface area contributed by atoms with Crippen LogP contribution in [-0.2, 0) is 6.42 Å². The Balaban J connectivity index is 1.97. The summed E-state index contributed by atoms with van der Waals surface area (Å²) in [7, 11) is 0. The molecule has 0 heterocycles. The van der Waals surface area contributed by atoms with E-state index in [1.807, 2.05) is 18.2 Å². The van der Waals surface area contributed by atoms with Crippen molar-refractivity contribution in [2.45, 2.75) is 64.8 Å². The molecule has 2 N–H and O–H groups in total. The molecule has 4 nitrogen and oxygen atoms in total. The van der Waals surface area contributed by atoms with Gasteiger partial charge < -0.3 is 10.6 Å². The second-order valence-electron chi connectivity index (χ2n) is 7.26. The van der Waals surface area contributed by atoms with Crippen molar-refractivity contribution in [3.8, 4) is 6.07 Å². The van der Waals surface area contributed by atoms with Gasteiger partial charge in [-0.25, -0.2) is 4.79 Å². The molecule has 1 aromatic rings. The Morgan fingerprint density at radius 3 is 2.56 bits per heavy atom. The van der Waals surface area contributed by atoms with E-state index in [9.17, 15) is 10.1 Å². The van der Waals surface area contributed by atoms with Gasteiger partial charge in [0.1, 0.15) is 0 Å². The van der Waals surface area contributed by atoms with Crippen molar-refractivity contribution in [1.29, 1.82) is 5.26 Å². The molecule has 25 heavy (non-hydrogen) atoms. The second-order valence-corrected chi connectivity index (χ2v) is 7.26. The maximum Gasteiger partial charge on any atom is 0.319 e. The molecule has 1 saturated carbocycles. The van der Waals surface area contributed by atoms with Crippen LogP contribution in [-0.4, -0.2) is 12.1 Å². The monoisotopic (exact) mass is 337 g/mol. The van der Waals surface area contributed by atoms with Crippen molar-refractivity contribution in [2.24, 2.45) is 5.41 Å². The van der Waals surface area contributed by atoms with Gasteiger partial charge in [0.05, 0.1) is 17.3 Å². The van der Waals surface area contributed by atoms with Crippen LogP contribution in [0.2, 0.25) is 0 Å². The Morgan fingerprint density at radius 2 is 1.92 bits per heavy atom. The van der Waals surface area contributed by atoms with Gasteiger partial charge in [-0.2, -0.15) is 5.26 Å². The molecule has 0 radical (unpaired) electrons. The van der Waals surface area contributed by atoms with Gasteiger partial charge in [-0.3, -0.25) is 0 Å². The molecule has 1 aromatic carbocycles. The highest BCUT2D eigenvalue weighted by atomic mass is 16.2. The zero-order chi connectivity index (χ0) is 17.9. The molecule has 4 heteroatoms. The third-order valence-corrected chi connectivity index (χ3v) is 5.99. The van der Waals surface area contributed by atoms with E-state index in [1.54, 1.807) is 0 Å². The van der Waals surface area contributed by atoms with Gasteiger partial charge >= 0.3 is 6.03 Å². The molecular weight excluding hydrogens is 310 g/mol. The Kier molecular flexibility index (Phi) is 5.13. The average molecular weight is 337 g/mol. The van der Waals surface area contributed by atoms with E-state index >= 15 is 0 Å². The molecule has 3 rings (SSSR count). The molecule has 132 valence electrons. The predicted octanol–water partition coefficient (Wildman–Crippen LogP) is 4.53. The fraction of sp³-hybridized carbons (Fsp3) is 0.524. The van der Waals surface area contributed by atoms with Crippen LogP contribution in [0.4, 0.5) is 4.79 Å². The summed E-state index contributed by atoms with van der Waals surface area (Å²) in [5, 5.41) is 16.0. The molecule has 0 bridgehead atoms. The summed E-state index contributed by atoms with van der Waals surface area (Å²) in [4.78, 5) is 12.6. The lowest BCUT2D eigenvalue weighted by Crippen LogP contribution is -2.42. The summed E-state index contributed by atoms with van der Waals surface area (Å²) < 4.78 is 0. The molecule has 0 spiro atoms. The van der Waals surface area contributed by atoms with E-state index in [2.05, 4.69) is 36.6 Å². The smallest absolute Gasteiger partial charge is 0.319 e. The second kappa shape index (κ2) is 7.31. The zero-order valence-corrected chi connectivity index (χ0v) is 15.2. The van der Waals surface area contributed by atoms with Gasteiger partial charge in [0.25, 0.3) is 0 Å². The first-order chi connectivity index (χ1) is 12.1. The Hall–Kier alpha value is -2.28. The zero-order valence-electron chi connectivity index (χ0n) is 15.2. The van der Waals surface area contributed by atoms with Crippen molar-refractivity contribution in [3.63, 3.8) is 0 Å². The van der Waals surface area contributed by atoms with Crippen molar-refractivity contribution in [1.82, 2.24) is 10.6 Å². The number of rotatable bonds is 4. The molecular formula is C21H27N3O. The van der Waals surface area contributed by atoms with Crippen LogP contribution >= 0.6 is 0 Å². The topological polar surface area (TPSA) is 64.9 Å². The largest absolute Gasteiger partial charge is 0.335 e. The minimum absolute atomic E-state index is 0.188. The van der Waals surface area contributed by atoms with Gasteiger partial charge in [0, 0.05) is 17.0 Å². The van der Waals surface area contributed by atoms with E-state index in [1.165, 1.54) is 18.4 Å². The molecule has 2 aliphatic rings. The van der Waals surface area contributed by atoms with Gasteiger partial charge in [0.15, 0.2) is 0 Å². The minimum Gasteiger partial charge on any atom is -0.335 e. The van der Waals surface area contributed by atoms with Crippen molar-refractivity contribution >= 4 is 11.7 Å². The van der Waals surface area contributed by atoms with Crippen molar-refractivity contribution in [2.75, 3.05) is 0 Å². The van der Waals surface area contributed by atoms with Crippen LogP contribution in [0.25, 0.3) is 5.70 Å². The third-order valence-electron chi connectivity index (χ3n) is 5.99. The number of carbonyl (C=O) groups excluding carboxylic acids is 1. The number of hydrogen-bond acceptors (Lipinski definition) is 2. The third kappa shape index (κ3) is 3.28. The van der Waals surface area contributed by atoms with Crippen molar-refractivity contribution in [3.05, 3.63) is 41.0 Å². The van der Waals surface area contributed by atoms with E-state index in [-0.39, 0.29) is 17.5 Å². The average Bonchev–Trinajstić information content (AvgIpc) is 3.14. The first-order valence-electron chi connectivity index (χ1n) is 9.44. The fourth-order valence-corrected chi connectivity index (χ4v) is 4.33. The summed E-state index contributed by atoms with van der Waals surface area (Å²) in [5.74, 6) is 0. The van der Waals surface area contributed by atoms with E-state index in [0.29, 0.717) is 5.70 Å². The Bertz CT molecular complexity index is 719. The molecule has 0 saturated heterocycles. The van der Waals surface area contributed by atoms with Gasteiger partial charge in [-0.05, 0) is 37.7 Å². The lowest BCUT2D eigenvalue weighted by atomic mass is 9.66. The SMILES string of the molecule is CCC1(CC)Cc2ccccc2C(NC(=O)NC2CCCC2)=C1C#N. The molecule has 0 aromatic heterocycles. The number of urea groups is 1. The van der Waals surface area contributed by atoms with Crippen LogP contribution in [0.1, 0.15) is 63.5 Å². The van der Waals surface area contributed by atoms with Crippen LogP contribution in [0.3, 0.4) is 0 Å². The number of allylic oxidation sites excluding steroid dienone is 1. The number of amides is 2. The number of hydrogen-bond donors (Lipinski definition) is 2. The highest BCUT2D eigenvalue weighted by Gasteiger charge is 2.39. The van der Waals surface area contributed by atoms with E-state index in [0.717, 1.165) is 43.2 Å². The van der Waals surface area contributed by atoms with Crippen LogP contribution < -0.4 is 10.6 Å². The molecule has 2 amide bonds. The molecule has 0 aliphatic heterocycles.